The first kappa shape index (κ1) is 15.2. The summed E-state index contributed by atoms with van der Waals surface area (Å²) in [6, 6.07) is 10.3. The average molecular weight is 190 g/mol. The Bertz CT molecular complexity index is 219. The molecule has 0 unspecified atom stereocenters. The number of hydrogen-bond acceptors (Lipinski definition) is 0. The molecule has 0 saturated carbocycles. The van der Waals surface area contributed by atoms with Crippen molar-refractivity contribution in [2.24, 2.45) is 0 Å². The molecule has 1 aromatic rings. The molecular formula is C14H22. The van der Waals surface area contributed by atoms with Gasteiger partial charge < -0.3 is 0 Å². The van der Waals surface area contributed by atoms with Gasteiger partial charge >= 0.3 is 0 Å². The molecule has 0 aliphatic carbocycles. The molecule has 0 nitrogen and oxygen atoms in total. The second-order valence-corrected chi connectivity index (χ2v) is 2.42. The third-order valence-electron chi connectivity index (χ3n) is 1.27. The first-order valence-electron chi connectivity index (χ1n) is 5.06. The zero-order valence-electron chi connectivity index (χ0n) is 9.83. The van der Waals surface area contributed by atoms with E-state index in [-0.39, 0.29) is 0 Å². The molecule has 1 aromatic carbocycles. The van der Waals surface area contributed by atoms with Gasteiger partial charge in [0.05, 0.1) is 0 Å². The average Bonchev–Trinajstić information content (AvgIpc) is 2.24. The van der Waals surface area contributed by atoms with Gasteiger partial charge in [-0.2, -0.15) is 0 Å². The van der Waals surface area contributed by atoms with Crippen LogP contribution in [0.2, 0.25) is 0 Å². The molecule has 78 valence electrons. The number of allylic oxidation sites excluding steroid dienone is 3. The topological polar surface area (TPSA) is 0 Å². The minimum Gasteiger partial charge on any atom is -0.0991 e. The lowest BCUT2D eigenvalue weighted by Crippen LogP contribution is -1.62. The van der Waals surface area contributed by atoms with Crippen LogP contribution in [0.5, 0.6) is 0 Å². The summed E-state index contributed by atoms with van der Waals surface area (Å²) in [6.07, 6.45) is 5.58. The molecule has 0 aromatic heterocycles. The van der Waals surface area contributed by atoms with E-state index in [4.69, 9.17) is 0 Å². The third-order valence-corrected chi connectivity index (χ3v) is 1.27. The highest BCUT2D eigenvalue weighted by Crippen LogP contribution is 1.92. The molecule has 0 bridgehead atoms. The van der Waals surface area contributed by atoms with Crippen molar-refractivity contribution in [3.63, 3.8) is 0 Å². The van der Waals surface area contributed by atoms with Crippen molar-refractivity contribution in [2.75, 3.05) is 0 Å². The summed E-state index contributed by atoms with van der Waals surface area (Å²) in [4.78, 5) is 0. The fourth-order valence-corrected chi connectivity index (χ4v) is 0.670. The van der Waals surface area contributed by atoms with E-state index < -0.39 is 0 Å². The highest BCUT2D eigenvalue weighted by atomic mass is 13.8. The summed E-state index contributed by atoms with van der Waals surface area (Å²) in [5.41, 5.74) is 1.32. The van der Waals surface area contributed by atoms with Gasteiger partial charge in [-0.05, 0) is 13.8 Å². The minimum atomic E-state index is 1.32. The Kier molecular flexibility index (Phi) is 15.4. The van der Waals surface area contributed by atoms with Gasteiger partial charge in [-0.3, -0.25) is 0 Å². The zero-order valence-corrected chi connectivity index (χ0v) is 9.83. The van der Waals surface area contributed by atoms with Gasteiger partial charge in [0.15, 0.2) is 0 Å². The van der Waals surface area contributed by atoms with Crippen molar-refractivity contribution in [1.82, 2.24) is 0 Å². The lowest BCUT2D eigenvalue weighted by molar-refractivity contribution is 1.48. The summed E-state index contributed by atoms with van der Waals surface area (Å²) in [7, 11) is 0. The van der Waals surface area contributed by atoms with E-state index in [2.05, 4.69) is 25.6 Å². The molecule has 0 N–H and O–H groups in total. The van der Waals surface area contributed by atoms with Gasteiger partial charge in [-0.15, -0.1) is 0 Å². The summed E-state index contributed by atoms with van der Waals surface area (Å²) < 4.78 is 0. The van der Waals surface area contributed by atoms with Crippen LogP contribution in [0, 0.1) is 6.92 Å². The summed E-state index contributed by atoms with van der Waals surface area (Å²) in [5, 5.41) is 0. The molecule has 0 atom stereocenters. The summed E-state index contributed by atoms with van der Waals surface area (Å²) in [6.45, 7) is 11.5. The van der Waals surface area contributed by atoms with Crippen LogP contribution in [0.15, 0.2) is 55.1 Å². The fourth-order valence-electron chi connectivity index (χ4n) is 0.670. The van der Waals surface area contributed by atoms with E-state index in [1.54, 1.807) is 6.08 Å². The Morgan fingerprint density at radius 1 is 1.07 bits per heavy atom. The van der Waals surface area contributed by atoms with Crippen molar-refractivity contribution in [3.05, 3.63) is 60.7 Å². The van der Waals surface area contributed by atoms with Gasteiger partial charge in [-0.25, -0.2) is 0 Å². The Morgan fingerprint density at radius 3 is 1.71 bits per heavy atom. The first-order chi connectivity index (χ1) is 6.81. The van der Waals surface area contributed by atoms with E-state index in [1.807, 2.05) is 51.1 Å². The van der Waals surface area contributed by atoms with Crippen molar-refractivity contribution in [1.29, 1.82) is 0 Å². The van der Waals surface area contributed by atoms with Gasteiger partial charge in [0, 0.05) is 0 Å². The highest BCUT2D eigenvalue weighted by molar-refractivity contribution is 5.11. The Hall–Kier alpha value is -1.30. The third kappa shape index (κ3) is 13.3. The molecule has 0 fully saturated rings. The Labute approximate surface area is 89.0 Å². The van der Waals surface area contributed by atoms with E-state index in [9.17, 15) is 0 Å². The molecule has 0 spiro atoms. The number of rotatable bonds is 1. The largest absolute Gasteiger partial charge is 0.0991 e. The van der Waals surface area contributed by atoms with E-state index >= 15 is 0 Å². The van der Waals surface area contributed by atoms with Gasteiger partial charge in [0.2, 0.25) is 0 Å². The second-order valence-electron chi connectivity index (χ2n) is 2.42. The lowest BCUT2D eigenvalue weighted by Gasteiger charge is -1.82. The van der Waals surface area contributed by atoms with E-state index in [0.717, 1.165) is 0 Å². The molecule has 0 amide bonds. The maximum absolute atomic E-state index is 3.46. The molecule has 0 radical (unpaired) electrons. The summed E-state index contributed by atoms with van der Waals surface area (Å²) in [5.74, 6) is 0. The normalized spacial score (nSPS) is 8.00. The zero-order chi connectivity index (χ0) is 11.2. The van der Waals surface area contributed by atoms with Gasteiger partial charge in [-0.1, -0.05) is 74.5 Å². The molecular weight excluding hydrogens is 168 g/mol. The van der Waals surface area contributed by atoms with Crippen LogP contribution in [0.3, 0.4) is 0 Å². The predicted molar refractivity (Wildman–Crippen MR) is 67.5 cm³/mol. The fraction of sp³-hybridized carbons (Fsp3) is 0.286. The quantitative estimate of drug-likeness (QED) is 0.560. The first-order valence-corrected chi connectivity index (χ1v) is 5.06. The van der Waals surface area contributed by atoms with Crippen LogP contribution in [0.25, 0.3) is 0 Å². The van der Waals surface area contributed by atoms with Crippen molar-refractivity contribution >= 4 is 0 Å². The molecule has 0 heterocycles. The lowest BCUT2D eigenvalue weighted by atomic mass is 10.2. The SMILES string of the molecule is C=C/C=C/C.CC.Cc1ccccc1. The molecule has 1 rings (SSSR count). The number of benzene rings is 1. The molecule has 0 heteroatoms. The molecule has 0 aliphatic rings. The summed E-state index contributed by atoms with van der Waals surface area (Å²) >= 11 is 0. The van der Waals surface area contributed by atoms with Crippen LogP contribution >= 0.6 is 0 Å². The smallest absolute Gasteiger partial charge is 0.0398 e. The van der Waals surface area contributed by atoms with Crippen molar-refractivity contribution in [3.8, 4) is 0 Å². The van der Waals surface area contributed by atoms with E-state index in [1.165, 1.54) is 5.56 Å². The van der Waals surface area contributed by atoms with Crippen molar-refractivity contribution < 1.29 is 0 Å². The Morgan fingerprint density at radius 2 is 1.57 bits per heavy atom. The highest BCUT2D eigenvalue weighted by Gasteiger charge is 1.72. The van der Waals surface area contributed by atoms with Crippen LogP contribution in [-0.4, -0.2) is 0 Å². The second kappa shape index (κ2) is 14.2. The van der Waals surface area contributed by atoms with Gasteiger partial charge in [0.1, 0.15) is 0 Å². The number of aryl methyl sites for hydroxylation is 1. The van der Waals surface area contributed by atoms with E-state index in [0.29, 0.717) is 0 Å². The molecule has 0 aliphatic heterocycles. The maximum atomic E-state index is 3.46. The maximum Gasteiger partial charge on any atom is -0.0398 e. The van der Waals surface area contributed by atoms with Crippen LogP contribution in [0.1, 0.15) is 26.3 Å². The standard InChI is InChI=1S/C7H8.C5H8.C2H6/c1-7-5-3-2-4-6-7;1-3-5-4-2;1-2/h2-6H,1H3;3-5H,1H2,2H3;1-2H3/b;5-4+;. The van der Waals surface area contributed by atoms with Crippen molar-refractivity contribution in [2.45, 2.75) is 27.7 Å². The minimum absolute atomic E-state index is 1.32. The van der Waals surface area contributed by atoms with Crippen LogP contribution < -0.4 is 0 Å². The predicted octanol–water partition coefficient (Wildman–Crippen LogP) is 4.77. The van der Waals surface area contributed by atoms with Crippen LogP contribution in [0.4, 0.5) is 0 Å². The number of hydrogen-bond donors (Lipinski definition) is 0. The Balaban J connectivity index is 0. The monoisotopic (exact) mass is 190 g/mol. The molecule has 14 heavy (non-hydrogen) atoms. The van der Waals surface area contributed by atoms with Gasteiger partial charge in [0.25, 0.3) is 0 Å². The van der Waals surface area contributed by atoms with Crippen LogP contribution in [-0.2, 0) is 0 Å². The molecule has 0 saturated heterocycles.